The molecular formula is C34H43F3O. The lowest BCUT2D eigenvalue weighted by Gasteiger charge is -2.28. The van der Waals surface area contributed by atoms with Gasteiger partial charge in [0.2, 0.25) is 6.17 Å². The summed E-state index contributed by atoms with van der Waals surface area (Å²) in [4.78, 5) is 0. The van der Waals surface area contributed by atoms with Gasteiger partial charge >= 0.3 is 6.11 Å². The molecule has 2 aliphatic rings. The summed E-state index contributed by atoms with van der Waals surface area (Å²) >= 11 is 0. The SMILES string of the molecule is C=CCCC1CCC(c2ccc(COC(F)(F)C(F)c3ccc(C4CCC(/C=C/C)CC4)cc3)cc2)CC1. The van der Waals surface area contributed by atoms with Gasteiger partial charge in [0.15, 0.2) is 0 Å². The van der Waals surface area contributed by atoms with Crippen molar-refractivity contribution in [3.8, 4) is 0 Å². The Morgan fingerprint density at radius 2 is 1.42 bits per heavy atom. The second-order valence-corrected chi connectivity index (χ2v) is 11.3. The van der Waals surface area contributed by atoms with Crippen LogP contribution in [0.1, 0.15) is 111 Å². The number of halogens is 3. The second kappa shape index (κ2) is 13.6. The largest absolute Gasteiger partial charge is 0.391 e. The molecule has 0 N–H and O–H groups in total. The highest BCUT2D eigenvalue weighted by Gasteiger charge is 2.43. The second-order valence-electron chi connectivity index (χ2n) is 11.3. The minimum atomic E-state index is -3.89. The van der Waals surface area contributed by atoms with Crippen LogP contribution >= 0.6 is 0 Å². The van der Waals surface area contributed by atoms with Crippen molar-refractivity contribution in [2.24, 2.45) is 11.8 Å². The molecule has 0 heterocycles. The van der Waals surface area contributed by atoms with Crippen LogP contribution in [-0.4, -0.2) is 6.11 Å². The van der Waals surface area contributed by atoms with Crippen LogP contribution < -0.4 is 0 Å². The molecule has 4 heteroatoms. The Morgan fingerprint density at radius 3 is 1.97 bits per heavy atom. The highest BCUT2D eigenvalue weighted by Crippen LogP contribution is 2.40. The van der Waals surface area contributed by atoms with Gasteiger partial charge in [0.05, 0.1) is 6.61 Å². The smallest absolute Gasteiger partial charge is 0.313 e. The first kappa shape index (κ1) is 28.7. The zero-order valence-electron chi connectivity index (χ0n) is 22.8. The summed E-state index contributed by atoms with van der Waals surface area (Å²) in [7, 11) is 0. The van der Waals surface area contributed by atoms with E-state index in [1.165, 1.54) is 37.0 Å². The summed E-state index contributed by atoms with van der Waals surface area (Å²) < 4.78 is 49.0. The maximum atomic E-state index is 14.9. The van der Waals surface area contributed by atoms with Crippen LogP contribution in [0, 0.1) is 11.8 Å². The third kappa shape index (κ3) is 7.62. The summed E-state index contributed by atoms with van der Waals surface area (Å²) in [5.41, 5.74) is 2.94. The molecule has 0 spiro atoms. The summed E-state index contributed by atoms with van der Waals surface area (Å²) in [6.45, 7) is 5.54. The number of hydrogen-bond donors (Lipinski definition) is 0. The van der Waals surface area contributed by atoms with Crippen molar-refractivity contribution in [1.29, 1.82) is 0 Å². The molecule has 1 atom stereocenters. The molecule has 2 aromatic rings. The highest BCUT2D eigenvalue weighted by molar-refractivity contribution is 5.28. The lowest BCUT2D eigenvalue weighted by molar-refractivity contribution is -0.282. The van der Waals surface area contributed by atoms with Crippen LogP contribution in [-0.2, 0) is 11.3 Å². The van der Waals surface area contributed by atoms with Gasteiger partial charge in [-0.25, -0.2) is 4.39 Å². The normalized spacial score (nSPS) is 25.4. The van der Waals surface area contributed by atoms with Crippen LogP contribution in [0.3, 0.4) is 0 Å². The lowest BCUT2D eigenvalue weighted by Crippen LogP contribution is -2.27. The van der Waals surface area contributed by atoms with Gasteiger partial charge < -0.3 is 4.74 Å². The van der Waals surface area contributed by atoms with Gasteiger partial charge in [0.1, 0.15) is 0 Å². The Labute approximate surface area is 227 Å². The van der Waals surface area contributed by atoms with Crippen molar-refractivity contribution < 1.29 is 17.9 Å². The molecular weight excluding hydrogens is 481 g/mol. The monoisotopic (exact) mass is 524 g/mol. The number of ether oxygens (including phenoxy) is 1. The standard InChI is InChI=1S/C34H43F3O/c1-3-5-7-26-10-16-28(17-11-26)30-18-12-27(13-19-30)24-38-34(36,37)33(35)32-22-20-31(21-23-32)29-14-8-25(6-4-2)9-15-29/h3-4,6,12-13,18-23,25-26,28-29,33H,1,5,7-11,14-17,24H2,2H3/b6-4+. The molecule has 4 rings (SSSR count). The molecule has 0 bridgehead atoms. The van der Waals surface area contributed by atoms with Gasteiger partial charge in [0.25, 0.3) is 0 Å². The fourth-order valence-corrected chi connectivity index (χ4v) is 6.33. The zero-order chi connectivity index (χ0) is 27.0. The van der Waals surface area contributed by atoms with Gasteiger partial charge in [0, 0.05) is 0 Å². The Balaban J connectivity index is 1.26. The van der Waals surface area contributed by atoms with Crippen molar-refractivity contribution in [1.82, 2.24) is 0 Å². The van der Waals surface area contributed by atoms with E-state index in [1.807, 2.05) is 49.4 Å². The number of allylic oxidation sites excluding steroid dienone is 3. The van der Waals surface area contributed by atoms with Gasteiger partial charge in [-0.1, -0.05) is 66.8 Å². The Hall–Kier alpha value is -2.33. The lowest BCUT2D eigenvalue weighted by atomic mass is 9.77. The van der Waals surface area contributed by atoms with Crippen LogP contribution in [0.2, 0.25) is 0 Å². The van der Waals surface area contributed by atoms with Gasteiger partial charge in [-0.05, 0) is 117 Å². The van der Waals surface area contributed by atoms with Crippen LogP contribution in [0.5, 0.6) is 0 Å². The molecule has 0 aliphatic heterocycles. The molecule has 0 saturated heterocycles. The average Bonchev–Trinajstić information content (AvgIpc) is 2.96. The number of alkyl halides is 3. The molecule has 2 aliphatic carbocycles. The van der Waals surface area contributed by atoms with Gasteiger partial charge in [-0.3, -0.25) is 0 Å². The number of benzene rings is 2. The molecule has 2 saturated carbocycles. The van der Waals surface area contributed by atoms with E-state index in [1.54, 1.807) is 0 Å². The summed E-state index contributed by atoms with van der Waals surface area (Å²) in [6.07, 6.45) is 11.5. The van der Waals surface area contributed by atoms with E-state index in [2.05, 4.69) is 18.7 Å². The van der Waals surface area contributed by atoms with Crippen molar-refractivity contribution in [2.45, 2.75) is 102 Å². The van der Waals surface area contributed by atoms with E-state index in [9.17, 15) is 13.2 Å². The maximum absolute atomic E-state index is 14.9. The Bertz CT molecular complexity index is 1010. The van der Waals surface area contributed by atoms with E-state index in [0.717, 1.165) is 56.4 Å². The predicted octanol–water partition coefficient (Wildman–Crippen LogP) is 10.6. The van der Waals surface area contributed by atoms with Crippen LogP contribution in [0.25, 0.3) is 0 Å². The van der Waals surface area contributed by atoms with Crippen molar-refractivity contribution in [2.75, 3.05) is 0 Å². The van der Waals surface area contributed by atoms with E-state index in [-0.39, 0.29) is 12.2 Å². The van der Waals surface area contributed by atoms with E-state index >= 15 is 0 Å². The molecule has 1 unspecified atom stereocenters. The maximum Gasteiger partial charge on any atom is 0.391 e. The molecule has 1 nitrogen and oxygen atoms in total. The first-order valence-corrected chi connectivity index (χ1v) is 14.5. The minimum Gasteiger partial charge on any atom is -0.313 e. The third-order valence-corrected chi connectivity index (χ3v) is 8.74. The third-order valence-electron chi connectivity index (χ3n) is 8.74. The van der Waals surface area contributed by atoms with Crippen molar-refractivity contribution in [3.63, 3.8) is 0 Å². The number of hydrogen-bond acceptors (Lipinski definition) is 1. The minimum absolute atomic E-state index is 0.0413. The summed E-state index contributed by atoms with van der Waals surface area (Å²) in [6, 6.07) is 14.3. The summed E-state index contributed by atoms with van der Waals surface area (Å²) in [5.74, 6) is 2.35. The average molecular weight is 525 g/mol. The molecule has 2 fully saturated rings. The first-order valence-electron chi connectivity index (χ1n) is 14.5. The molecule has 0 aromatic heterocycles. The summed E-state index contributed by atoms with van der Waals surface area (Å²) in [5, 5.41) is 0. The van der Waals surface area contributed by atoms with E-state index in [0.29, 0.717) is 23.3 Å². The topological polar surface area (TPSA) is 9.23 Å². The Kier molecular flexibility index (Phi) is 10.3. The van der Waals surface area contributed by atoms with Crippen LogP contribution in [0.15, 0.2) is 73.3 Å². The highest BCUT2D eigenvalue weighted by atomic mass is 19.3. The van der Waals surface area contributed by atoms with Crippen molar-refractivity contribution in [3.05, 3.63) is 95.6 Å². The predicted molar refractivity (Wildman–Crippen MR) is 150 cm³/mol. The zero-order valence-corrected chi connectivity index (χ0v) is 22.8. The fraction of sp³-hybridized carbons (Fsp3) is 0.529. The number of rotatable bonds is 11. The molecule has 206 valence electrons. The van der Waals surface area contributed by atoms with Crippen molar-refractivity contribution >= 4 is 0 Å². The Morgan fingerprint density at radius 1 is 0.868 bits per heavy atom. The molecule has 0 amide bonds. The molecule has 38 heavy (non-hydrogen) atoms. The van der Waals surface area contributed by atoms with E-state index in [4.69, 9.17) is 4.74 Å². The van der Waals surface area contributed by atoms with Gasteiger partial charge in [-0.15, -0.1) is 6.58 Å². The quantitative estimate of drug-likeness (QED) is 0.266. The molecule has 2 aromatic carbocycles. The first-order chi connectivity index (χ1) is 18.4. The van der Waals surface area contributed by atoms with E-state index < -0.39 is 12.3 Å². The van der Waals surface area contributed by atoms with Crippen LogP contribution in [0.4, 0.5) is 13.2 Å². The van der Waals surface area contributed by atoms with Gasteiger partial charge in [-0.2, -0.15) is 8.78 Å². The fourth-order valence-electron chi connectivity index (χ4n) is 6.33. The molecule has 0 radical (unpaired) electrons.